The van der Waals surface area contributed by atoms with Crippen molar-refractivity contribution in [3.8, 4) is 0 Å². The number of nitrogens with one attached hydrogen (secondary N) is 3. The standard InChI is InChI=1S/C15H26N4O2/c1-2-7-17-15(21)18-14(20)11-19(13-3-4-13)10-12-5-8-16-9-6-12/h2,12-13,16H,1,3-11H2,(H2,17,18,20,21). The van der Waals surface area contributed by atoms with E-state index in [0.29, 0.717) is 25.0 Å². The summed E-state index contributed by atoms with van der Waals surface area (Å²) in [5.41, 5.74) is 0. The lowest BCUT2D eigenvalue weighted by molar-refractivity contribution is -0.121. The Bertz CT molecular complexity index is 376. The van der Waals surface area contributed by atoms with Crippen molar-refractivity contribution >= 4 is 11.9 Å². The highest BCUT2D eigenvalue weighted by Crippen LogP contribution is 2.28. The third-order valence-corrected chi connectivity index (χ3v) is 4.02. The molecule has 0 aromatic heterocycles. The van der Waals surface area contributed by atoms with E-state index in [1.807, 2.05) is 0 Å². The molecule has 21 heavy (non-hydrogen) atoms. The Balaban J connectivity index is 1.74. The first kappa shape index (κ1) is 16.0. The molecule has 1 aliphatic carbocycles. The van der Waals surface area contributed by atoms with E-state index in [0.717, 1.165) is 19.6 Å². The van der Waals surface area contributed by atoms with Crippen molar-refractivity contribution in [2.24, 2.45) is 5.92 Å². The number of imide groups is 1. The summed E-state index contributed by atoms with van der Waals surface area (Å²) in [5.74, 6) is 0.437. The monoisotopic (exact) mass is 294 g/mol. The zero-order valence-electron chi connectivity index (χ0n) is 12.6. The van der Waals surface area contributed by atoms with E-state index in [2.05, 4.69) is 27.4 Å². The molecule has 0 unspecified atom stereocenters. The van der Waals surface area contributed by atoms with Crippen molar-refractivity contribution in [2.45, 2.75) is 31.7 Å². The van der Waals surface area contributed by atoms with Crippen LogP contribution in [0.15, 0.2) is 12.7 Å². The van der Waals surface area contributed by atoms with Crippen LogP contribution in [-0.2, 0) is 4.79 Å². The van der Waals surface area contributed by atoms with Crippen LogP contribution in [0.4, 0.5) is 4.79 Å². The molecule has 118 valence electrons. The summed E-state index contributed by atoms with van der Waals surface area (Å²) in [6, 6.07) is 0.0828. The fourth-order valence-corrected chi connectivity index (χ4v) is 2.74. The molecular weight excluding hydrogens is 268 g/mol. The lowest BCUT2D eigenvalue weighted by Gasteiger charge is -2.29. The SMILES string of the molecule is C=CCNC(=O)NC(=O)CN(CC1CCNCC1)C1CC1. The summed E-state index contributed by atoms with van der Waals surface area (Å²) >= 11 is 0. The van der Waals surface area contributed by atoms with Crippen LogP contribution in [0.1, 0.15) is 25.7 Å². The first-order valence-electron chi connectivity index (χ1n) is 7.82. The Morgan fingerprint density at radius 3 is 2.57 bits per heavy atom. The van der Waals surface area contributed by atoms with Gasteiger partial charge in [0.15, 0.2) is 0 Å². The minimum atomic E-state index is -0.447. The van der Waals surface area contributed by atoms with Gasteiger partial charge in [0.1, 0.15) is 0 Å². The molecule has 1 heterocycles. The number of urea groups is 1. The number of carbonyl (C=O) groups is 2. The largest absolute Gasteiger partial charge is 0.334 e. The van der Waals surface area contributed by atoms with Crippen molar-refractivity contribution in [1.82, 2.24) is 20.9 Å². The number of rotatable bonds is 7. The highest BCUT2D eigenvalue weighted by Gasteiger charge is 2.32. The average Bonchev–Trinajstić information content (AvgIpc) is 3.30. The van der Waals surface area contributed by atoms with Gasteiger partial charge in [0, 0.05) is 19.1 Å². The zero-order valence-corrected chi connectivity index (χ0v) is 12.6. The smallest absolute Gasteiger partial charge is 0.321 e. The van der Waals surface area contributed by atoms with Gasteiger partial charge in [-0.25, -0.2) is 4.79 Å². The Morgan fingerprint density at radius 1 is 1.24 bits per heavy atom. The predicted octanol–water partition coefficient (Wildman–Crippen LogP) is 0.462. The molecule has 2 aliphatic rings. The van der Waals surface area contributed by atoms with Gasteiger partial charge in [-0.3, -0.25) is 15.0 Å². The van der Waals surface area contributed by atoms with Crippen molar-refractivity contribution in [3.05, 3.63) is 12.7 Å². The van der Waals surface area contributed by atoms with E-state index in [1.165, 1.54) is 25.7 Å². The molecule has 0 spiro atoms. The van der Waals surface area contributed by atoms with E-state index >= 15 is 0 Å². The van der Waals surface area contributed by atoms with Gasteiger partial charge >= 0.3 is 6.03 Å². The fraction of sp³-hybridized carbons (Fsp3) is 0.733. The molecule has 3 N–H and O–H groups in total. The molecule has 6 nitrogen and oxygen atoms in total. The number of piperidine rings is 1. The molecule has 0 atom stereocenters. The molecule has 3 amide bonds. The van der Waals surface area contributed by atoms with Crippen LogP contribution in [0.3, 0.4) is 0 Å². The molecular formula is C15H26N4O2. The van der Waals surface area contributed by atoms with Crippen LogP contribution < -0.4 is 16.0 Å². The van der Waals surface area contributed by atoms with Crippen LogP contribution in [-0.4, -0.2) is 55.6 Å². The van der Waals surface area contributed by atoms with E-state index < -0.39 is 6.03 Å². The van der Waals surface area contributed by atoms with Gasteiger partial charge in [-0.15, -0.1) is 6.58 Å². The highest BCUT2D eigenvalue weighted by atomic mass is 16.2. The van der Waals surface area contributed by atoms with E-state index in [4.69, 9.17) is 0 Å². The first-order chi connectivity index (χ1) is 10.2. The van der Waals surface area contributed by atoms with Gasteiger partial charge in [0.05, 0.1) is 6.54 Å². The Hall–Kier alpha value is -1.40. The van der Waals surface area contributed by atoms with E-state index in [1.54, 1.807) is 6.08 Å². The lowest BCUT2D eigenvalue weighted by Crippen LogP contribution is -2.46. The second-order valence-corrected chi connectivity index (χ2v) is 5.90. The summed E-state index contributed by atoms with van der Waals surface area (Å²) in [6.45, 7) is 7.30. The maximum Gasteiger partial charge on any atom is 0.321 e. The zero-order chi connectivity index (χ0) is 15.1. The third kappa shape index (κ3) is 5.85. The van der Waals surface area contributed by atoms with Gasteiger partial charge in [-0.2, -0.15) is 0 Å². The van der Waals surface area contributed by atoms with Crippen LogP contribution in [0, 0.1) is 5.92 Å². The maximum absolute atomic E-state index is 11.9. The fourth-order valence-electron chi connectivity index (χ4n) is 2.74. The Morgan fingerprint density at radius 2 is 1.95 bits per heavy atom. The number of carbonyl (C=O) groups excluding carboxylic acids is 2. The number of nitrogens with zero attached hydrogens (tertiary/aromatic N) is 1. The quantitative estimate of drug-likeness (QED) is 0.597. The summed E-state index contributed by atoms with van der Waals surface area (Å²) in [5, 5.41) is 8.28. The summed E-state index contributed by atoms with van der Waals surface area (Å²) in [4.78, 5) is 25.6. The van der Waals surface area contributed by atoms with Crippen LogP contribution in [0.5, 0.6) is 0 Å². The van der Waals surface area contributed by atoms with Gasteiger partial charge in [-0.1, -0.05) is 6.08 Å². The molecule has 0 bridgehead atoms. The van der Waals surface area contributed by atoms with Crippen LogP contribution in [0.25, 0.3) is 0 Å². The van der Waals surface area contributed by atoms with Gasteiger partial charge in [-0.05, 0) is 44.7 Å². The Kier molecular flexibility index (Phi) is 6.20. The van der Waals surface area contributed by atoms with Crippen molar-refractivity contribution in [2.75, 3.05) is 32.7 Å². The Labute approximate surface area is 126 Å². The third-order valence-electron chi connectivity index (χ3n) is 4.02. The first-order valence-corrected chi connectivity index (χ1v) is 7.82. The molecule has 1 aliphatic heterocycles. The van der Waals surface area contributed by atoms with Crippen LogP contribution in [0.2, 0.25) is 0 Å². The molecule has 0 radical (unpaired) electrons. The molecule has 6 heteroatoms. The second kappa shape index (κ2) is 8.14. The number of hydrogen-bond donors (Lipinski definition) is 3. The molecule has 0 aromatic rings. The van der Waals surface area contributed by atoms with Crippen molar-refractivity contribution in [1.29, 1.82) is 0 Å². The molecule has 1 saturated heterocycles. The van der Waals surface area contributed by atoms with E-state index in [-0.39, 0.29) is 5.91 Å². The highest BCUT2D eigenvalue weighted by molar-refractivity contribution is 5.95. The van der Waals surface area contributed by atoms with Crippen molar-refractivity contribution < 1.29 is 9.59 Å². The molecule has 2 rings (SSSR count). The average molecular weight is 294 g/mol. The number of amides is 3. The van der Waals surface area contributed by atoms with Gasteiger partial charge in [0.25, 0.3) is 0 Å². The lowest BCUT2D eigenvalue weighted by atomic mass is 9.97. The topological polar surface area (TPSA) is 73.5 Å². The minimum Gasteiger partial charge on any atom is -0.334 e. The maximum atomic E-state index is 11.9. The van der Waals surface area contributed by atoms with Crippen LogP contribution >= 0.6 is 0 Å². The molecule has 0 aromatic carbocycles. The predicted molar refractivity (Wildman–Crippen MR) is 81.9 cm³/mol. The van der Waals surface area contributed by atoms with Gasteiger partial charge < -0.3 is 10.6 Å². The van der Waals surface area contributed by atoms with Gasteiger partial charge in [0.2, 0.25) is 5.91 Å². The number of hydrogen-bond acceptors (Lipinski definition) is 4. The molecule has 1 saturated carbocycles. The second-order valence-electron chi connectivity index (χ2n) is 5.90. The summed E-state index contributed by atoms with van der Waals surface area (Å²) < 4.78 is 0. The summed E-state index contributed by atoms with van der Waals surface area (Å²) in [7, 11) is 0. The molecule has 2 fully saturated rings. The normalized spacial score (nSPS) is 19.3. The van der Waals surface area contributed by atoms with E-state index in [9.17, 15) is 9.59 Å². The van der Waals surface area contributed by atoms with Crippen molar-refractivity contribution in [3.63, 3.8) is 0 Å². The summed E-state index contributed by atoms with van der Waals surface area (Å²) in [6.07, 6.45) is 6.26. The minimum absolute atomic E-state index is 0.225.